The first-order valence-corrected chi connectivity index (χ1v) is 7.55. The summed E-state index contributed by atoms with van der Waals surface area (Å²) in [5.41, 5.74) is 11.5. The molecule has 2 N–H and O–H groups in total. The number of rotatable bonds is 4. The van der Waals surface area contributed by atoms with Crippen LogP contribution < -0.4 is 15.2 Å². The van der Waals surface area contributed by atoms with Gasteiger partial charge in [-0.15, -0.1) is 5.10 Å². The van der Waals surface area contributed by atoms with E-state index in [1.54, 1.807) is 31.2 Å². The molecule has 0 aliphatic rings. The van der Waals surface area contributed by atoms with Crippen molar-refractivity contribution < 1.29 is 9.47 Å². The molecule has 6 nitrogen and oxygen atoms in total. The summed E-state index contributed by atoms with van der Waals surface area (Å²) >= 11 is 0. The summed E-state index contributed by atoms with van der Waals surface area (Å²) in [6.07, 6.45) is 1.69. The molecule has 0 amide bonds. The summed E-state index contributed by atoms with van der Waals surface area (Å²) < 4.78 is 12.4. The number of aromatic nitrogens is 3. The topological polar surface area (TPSA) is 75.2 Å². The van der Waals surface area contributed by atoms with Gasteiger partial charge in [-0.2, -0.15) is 0 Å². The molecule has 1 aromatic heterocycles. The highest BCUT2D eigenvalue weighted by molar-refractivity contribution is 5.76. The lowest BCUT2D eigenvalue weighted by atomic mass is 10.1. The maximum atomic E-state index is 6.17. The zero-order chi connectivity index (χ0) is 17.3. The van der Waals surface area contributed by atoms with Crippen LogP contribution in [0, 0.1) is 13.8 Å². The monoisotopic (exact) mass is 324 g/mol. The first-order chi connectivity index (χ1) is 11.5. The van der Waals surface area contributed by atoms with Crippen LogP contribution >= 0.6 is 0 Å². The minimum atomic E-state index is 0.605. The van der Waals surface area contributed by atoms with Gasteiger partial charge in [0.2, 0.25) is 0 Å². The second-order valence-corrected chi connectivity index (χ2v) is 5.57. The largest absolute Gasteiger partial charge is 0.497 e. The molecule has 6 heteroatoms. The lowest BCUT2D eigenvalue weighted by Gasteiger charge is -2.13. The van der Waals surface area contributed by atoms with E-state index in [-0.39, 0.29) is 0 Å². The van der Waals surface area contributed by atoms with E-state index in [1.807, 2.05) is 32.0 Å². The van der Waals surface area contributed by atoms with Crippen LogP contribution in [0.4, 0.5) is 5.69 Å². The molecular weight excluding hydrogens is 304 g/mol. The molecule has 1 heterocycles. The fraction of sp³-hybridized carbons (Fsp3) is 0.222. The molecule has 0 aliphatic carbocycles. The second kappa shape index (κ2) is 6.23. The maximum absolute atomic E-state index is 6.17. The third-order valence-electron chi connectivity index (χ3n) is 4.15. The number of aryl methyl sites for hydroxylation is 1. The first-order valence-electron chi connectivity index (χ1n) is 7.55. The van der Waals surface area contributed by atoms with Crippen molar-refractivity contribution in [3.63, 3.8) is 0 Å². The number of methoxy groups -OCH3 is 2. The van der Waals surface area contributed by atoms with Crippen LogP contribution in [0.2, 0.25) is 0 Å². The van der Waals surface area contributed by atoms with Gasteiger partial charge in [0.15, 0.2) is 0 Å². The van der Waals surface area contributed by atoms with Gasteiger partial charge in [0.1, 0.15) is 11.5 Å². The van der Waals surface area contributed by atoms with Crippen LogP contribution in [0.1, 0.15) is 11.1 Å². The fourth-order valence-corrected chi connectivity index (χ4v) is 2.65. The van der Waals surface area contributed by atoms with Crippen molar-refractivity contribution >= 4 is 5.69 Å². The molecule has 2 aromatic carbocycles. The van der Waals surface area contributed by atoms with E-state index in [0.29, 0.717) is 11.4 Å². The molecule has 0 radical (unpaired) electrons. The molecule has 124 valence electrons. The molecule has 0 atom stereocenters. The first kappa shape index (κ1) is 15.9. The Bertz CT molecular complexity index is 887. The summed E-state index contributed by atoms with van der Waals surface area (Å²) in [4.78, 5) is 0. The van der Waals surface area contributed by atoms with Gasteiger partial charge in [0, 0.05) is 23.4 Å². The van der Waals surface area contributed by atoms with Crippen molar-refractivity contribution in [2.75, 3.05) is 20.0 Å². The van der Waals surface area contributed by atoms with Crippen LogP contribution in [0.5, 0.6) is 11.5 Å². The van der Waals surface area contributed by atoms with Gasteiger partial charge >= 0.3 is 0 Å². The van der Waals surface area contributed by atoms with Crippen LogP contribution in [-0.2, 0) is 0 Å². The van der Waals surface area contributed by atoms with Gasteiger partial charge in [-0.3, -0.25) is 0 Å². The molecule has 3 rings (SSSR count). The van der Waals surface area contributed by atoms with Crippen LogP contribution in [0.25, 0.3) is 16.9 Å². The molecule has 0 unspecified atom stereocenters. The molecular formula is C18H20N4O2. The third kappa shape index (κ3) is 2.67. The quantitative estimate of drug-likeness (QED) is 0.746. The van der Waals surface area contributed by atoms with Crippen molar-refractivity contribution in [1.29, 1.82) is 0 Å². The van der Waals surface area contributed by atoms with Gasteiger partial charge in [0.05, 0.1) is 31.8 Å². The van der Waals surface area contributed by atoms with Gasteiger partial charge in [-0.05, 0) is 43.2 Å². The van der Waals surface area contributed by atoms with Crippen LogP contribution in [0.15, 0.2) is 36.5 Å². The zero-order valence-electron chi connectivity index (χ0n) is 14.2. The average Bonchev–Trinajstić information content (AvgIpc) is 3.06. The van der Waals surface area contributed by atoms with E-state index in [1.165, 1.54) is 0 Å². The average molecular weight is 324 g/mol. The summed E-state index contributed by atoms with van der Waals surface area (Å²) in [6, 6.07) is 9.55. The number of hydrogen-bond donors (Lipinski definition) is 1. The van der Waals surface area contributed by atoms with E-state index in [0.717, 1.165) is 33.8 Å². The molecule has 24 heavy (non-hydrogen) atoms. The Morgan fingerprint density at radius 3 is 2.50 bits per heavy atom. The fourth-order valence-electron chi connectivity index (χ4n) is 2.65. The van der Waals surface area contributed by atoms with E-state index < -0.39 is 0 Å². The van der Waals surface area contributed by atoms with Crippen molar-refractivity contribution in [3.05, 3.63) is 47.7 Å². The van der Waals surface area contributed by atoms with Gasteiger partial charge in [0.25, 0.3) is 0 Å². The number of nitrogens with zero attached hydrogens (tertiary/aromatic N) is 3. The Hall–Kier alpha value is -3.02. The predicted molar refractivity (Wildman–Crippen MR) is 93.8 cm³/mol. The smallest absolute Gasteiger partial charge is 0.124 e. The SMILES string of the molecule is COc1ccc(-c2cnnn2-c2cc(C)c(C)c(OC)c2)c(N)c1. The standard InChI is InChI=1S/C18H20N4O2/c1-11-7-13(8-18(24-4)12(11)2)22-17(10-20-21-22)15-6-5-14(23-3)9-16(15)19/h5-10H,19H2,1-4H3. The highest BCUT2D eigenvalue weighted by Gasteiger charge is 2.14. The Morgan fingerprint density at radius 2 is 1.83 bits per heavy atom. The molecule has 0 saturated heterocycles. The van der Waals surface area contributed by atoms with E-state index in [4.69, 9.17) is 15.2 Å². The molecule has 0 bridgehead atoms. The van der Waals surface area contributed by atoms with Gasteiger partial charge in [-0.25, -0.2) is 4.68 Å². The predicted octanol–water partition coefficient (Wildman–Crippen LogP) is 3.15. The van der Waals surface area contributed by atoms with Gasteiger partial charge in [-0.1, -0.05) is 5.21 Å². The highest BCUT2D eigenvalue weighted by atomic mass is 16.5. The summed E-state index contributed by atoms with van der Waals surface area (Å²) in [7, 11) is 3.27. The minimum absolute atomic E-state index is 0.605. The number of ether oxygens (including phenoxy) is 2. The van der Waals surface area contributed by atoms with Crippen molar-refractivity contribution in [1.82, 2.24) is 15.0 Å². The zero-order valence-corrected chi connectivity index (χ0v) is 14.2. The van der Waals surface area contributed by atoms with Crippen LogP contribution in [-0.4, -0.2) is 29.2 Å². The Labute approximate surface area is 140 Å². The lowest BCUT2D eigenvalue weighted by Crippen LogP contribution is -2.03. The van der Waals surface area contributed by atoms with Crippen LogP contribution in [0.3, 0.4) is 0 Å². The number of hydrogen-bond acceptors (Lipinski definition) is 5. The van der Waals surface area contributed by atoms with Crippen molar-refractivity contribution in [2.45, 2.75) is 13.8 Å². The number of nitrogen functional groups attached to an aromatic ring is 1. The molecule has 3 aromatic rings. The summed E-state index contributed by atoms with van der Waals surface area (Å²) in [5, 5.41) is 8.27. The van der Waals surface area contributed by atoms with Crippen molar-refractivity contribution in [3.8, 4) is 28.4 Å². The molecule has 0 aliphatic heterocycles. The number of nitrogens with two attached hydrogens (primary N) is 1. The Kier molecular flexibility index (Phi) is 4.12. The third-order valence-corrected chi connectivity index (χ3v) is 4.15. The Morgan fingerprint density at radius 1 is 1.04 bits per heavy atom. The number of benzene rings is 2. The highest BCUT2D eigenvalue weighted by Crippen LogP contribution is 2.32. The number of anilines is 1. The lowest BCUT2D eigenvalue weighted by molar-refractivity contribution is 0.411. The summed E-state index contributed by atoms with van der Waals surface area (Å²) in [5.74, 6) is 1.53. The van der Waals surface area contributed by atoms with E-state index in [2.05, 4.69) is 16.4 Å². The van der Waals surface area contributed by atoms with E-state index in [9.17, 15) is 0 Å². The Balaban J connectivity index is 2.14. The minimum Gasteiger partial charge on any atom is -0.497 e. The maximum Gasteiger partial charge on any atom is 0.124 e. The summed E-state index contributed by atoms with van der Waals surface area (Å²) in [6.45, 7) is 4.07. The van der Waals surface area contributed by atoms with Crippen molar-refractivity contribution in [2.24, 2.45) is 0 Å². The normalized spacial score (nSPS) is 10.7. The van der Waals surface area contributed by atoms with Gasteiger partial charge < -0.3 is 15.2 Å². The molecule has 0 spiro atoms. The van der Waals surface area contributed by atoms with E-state index >= 15 is 0 Å². The second-order valence-electron chi connectivity index (χ2n) is 5.57. The molecule has 0 saturated carbocycles. The molecule has 0 fully saturated rings.